The van der Waals surface area contributed by atoms with Gasteiger partial charge in [0.25, 0.3) is 0 Å². The molecule has 0 bridgehead atoms. The van der Waals surface area contributed by atoms with E-state index in [2.05, 4.69) is 4.98 Å². The summed E-state index contributed by atoms with van der Waals surface area (Å²) < 4.78 is 28.8. The predicted molar refractivity (Wildman–Crippen MR) is 117 cm³/mol. The van der Waals surface area contributed by atoms with Gasteiger partial charge >= 0.3 is 0 Å². The van der Waals surface area contributed by atoms with Crippen LogP contribution in [0.25, 0.3) is 0 Å². The molecule has 4 rings (SSSR count). The Morgan fingerprint density at radius 1 is 0.774 bits per heavy atom. The van der Waals surface area contributed by atoms with E-state index in [-0.39, 0.29) is 17.6 Å². The number of aliphatic hydroxyl groups excluding tert-OH is 1. The fourth-order valence-corrected chi connectivity index (χ4v) is 3.91. The number of rotatable bonds is 8. The van der Waals surface area contributed by atoms with Crippen molar-refractivity contribution < 1.29 is 13.9 Å². The molecule has 1 aromatic heterocycles. The number of nitrogens with zero attached hydrogens (tertiary/aromatic N) is 2. The van der Waals surface area contributed by atoms with Crippen LogP contribution in [-0.2, 0) is 6.54 Å². The van der Waals surface area contributed by atoms with Crippen LogP contribution in [0.3, 0.4) is 0 Å². The maximum atomic E-state index is 13.4. The van der Waals surface area contributed by atoms with E-state index in [1.807, 2.05) is 34.9 Å². The third-order valence-electron chi connectivity index (χ3n) is 5.56. The zero-order valence-electron chi connectivity index (χ0n) is 17.0. The number of halogens is 2. The highest BCUT2D eigenvalue weighted by atomic mass is 19.1. The van der Waals surface area contributed by atoms with E-state index in [1.54, 1.807) is 36.8 Å². The van der Waals surface area contributed by atoms with Crippen LogP contribution in [0.15, 0.2) is 91.4 Å². The lowest BCUT2D eigenvalue weighted by molar-refractivity contribution is 0.154. The van der Waals surface area contributed by atoms with Gasteiger partial charge in [-0.15, -0.1) is 0 Å². The molecule has 4 aromatic rings. The average molecular weight is 418 g/mol. The molecule has 0 aliphatic heterocycles. The third-order valence-corrected chi connectivity index (χ3v) is 5.56. The first kappa shape index (κ1) is 20.9. The van der Waals surface area contributed by atoms with Gasteiger partial charge in [-0.3, -0.25) is 0 Å². The first-order chi connectivity index (χ1) is 15.1. The Bertz CT molecular complexity index is 1050. The van der Waals surface area contributed by atoms with E-state index in [0.29, 0.717) is 19.4 Å². The van der Waals surface area contributed by atoms with E-state index in [4.69, 9.17) is 0 Å². The summed E-state index contributed by atoms with van der Waals surface area (Å²) in [6, 6.07) is 22.7. The summed E-state index contributed by atoms with van der Waals surface area (Å²) in [7, 11) is 0. The Morgan fingerprint density at radius 2 is 1.35 bits per heavy atom. The molecule has 3 aromatic carbocycles. The molecule has 0 aliphatic carbocycles. The Labute approximate surface area is 180 Å². The number of aromatic nitrogens is 2. The van der Waals surface area contributed by atoms with Crippen molar-refractivity contribution in [3.8, 4) is 0 Å². The van der Waals surface area contributed by atoms with Gasteiger partial charge < -0.3 is 9.67 Å². The molecule has 0 saturated heterocycles. The fraction of sp³-hybridized carbons (Fsp3) is 0.192. The van der Waals surface area contributed by atoms with E-state index in [0.717, 1.165) is 22.4 Å². The maximum absolute atomic E-state index is 13.4. The molecule has 1 atom stereocenters. The number of hydrogen-bond acceptors (Lipinski definition) is 2. The molecule has 0 aliphatic rings. The average Bonchev–Trinajstić information content (AvgIpc) is 3.25. The summed E-state index contributed by atoms with van der Waals surface area (Å²) in [6.07, 6.45) is 3.82. The molecule has 31 heavy (non-hydrogen) atoms. The lowest BCUT2D eigenvalue weighted by Gasteiger charge is -2.21. The molecule has 1 unspecified atom stereocenters. The third kappa shape index (κ3) is 5.25. The Kier molecular flexibility index (Phi) is 6.53. The maximum Gasteiger partial charge on any atom is 0.123 e. The molecule has 158 valence electrons. The highest BCUT2D eigenvalue weighted by Crippen LogP contribution is 2.32. The van der Waals surface area contributed by atoms with Crippen LogP contribution in [0, 0.1) is 11.6 Å². The molecule has 5 heteroatoms. The van der Waals surface area contributed by atoms with Gasteiger partial charge in [0.05, 0.1) is 24.3 Å². The van der Waals surface area contributed by atoms with Gasteiger partial charge in [-0.2, -0.15) is 0 Å². The Hall–Kier alpha value is -3.31. The van der Waals surface area contributed by atoms with E-state index in [1.165, 1.54) is 24.3 Å². The molecule has 1 N–H and O–H groups in total. The lowest BCUT2D eigenvalue weighted by Crippen LogP contribution is -2.10. The van der Waals surface area contributed by atoms with Crippen molar-refractivity contribution in [1.29, 1.82) is 0 Å². The number of imidazole rings is 1. The molecule has 1 heterocycles. The summed E-state index contributed by atoms with van der Waals surface area (Å²) in [4.78, 5) is 4.22. The minimum absolute atomic E-state index is 0.0821. The van der Waals surface area contributed by atoms with Crippen molar-refractivity contribution in [1.82, 2.24) is 9.55 Å². The first-order valence-electron chi connectivity index (χ1n) is 10.3. The number of aliphatic hydroxyl groups is 1. The van der Waals surface area contributed by atoms with E-state index >= 15 is 0 Å². The summed E-state index contributed by atoms with van der Waals surface area (Å²) in [5.41, 5.74) is 3.74. The molecule has 0 amide bonds. The van der Waals surface area contributed by atoms with Crippen molar-refractivity contribution in [2.75, 3.05) is 0 Å². The minimum Gasteiger partial charge on any atom is -0.387 e. The molecule has 0 radical (unpaired) electrons. The van der Waals surface area contributed by atoms with Crippen LogP contribution in [0.1, 0.15) is 47.2 Å². The molecule has 3 nitrogen and oxygen atoms in total. The van der Waals surface area contributed by atoms with Crippen molar-refractivity contribution in [3.05, 3.63) is 125 Å². The summed E-state index contributed by atoms with van der Waals surface area (Å²) in [6.45, 7) is 0.632. The van der Waals surface area contributed by atoms with Gasteiger partial charge in [-0.1, -0.05) is 54.6 Å². The topological polar surface area (TPSA) is 38.1 Å². The number of hydrogen-bond donors (Lipinski definition) is 1. The zero-order valence-corrected chi connectivity index (χ0v) is 17.0. The highest BCUT2D eigenvalue weighted by Gasteiger charge is 2.19. The van der Waals surface area contributed by atoms with E-state index in [9.17, 15) is 13.9 Å². The van der Waals surface area contributed by atoms with Crippen molar-refractivity contribution in [2.24, 2.45) is 0 Å². The normalized spacial score (nSPS) is 12.3. The van der Waals surface area contributed by atoms with Crippen LogP contribution in [0.4, 0.5) is 8.78 Å². The van der Waals surface area contributed by atoms with Crippen molar-refractivity contribution >= 4 is 0 Å². The highest BCUT2D eigenvalue weighted by molar-refractivity contribution is 5.33. The second-order valence-electron chi connectivity index (χ2n) is 7.68. The van der Waals surface area contributed by atoms with Crippen LogP contribution in [0.5, 0.6) is 0 Å². The van der Waals surface area contributed by atoms with Gasteiger partial charge in [0.1, 0.15) is 11.6 Å². The second-order valence-corrected chi connectivity index (χ2v) is 7.68. The van der Waals surface area contributed by atoms with Crippen LogP contribution in [-0.4, -0.2) is 14.7 Å². The molecule has 0 fully saturated rings. The zero-order chi connectivity index (χ0) is 21.6. The van der Waals surface area contributed by atoms with Crippen LogP contribution < -0.4 is 0 Å². The quantitative estimate of drug-likeness (QED) is 0.389. The largest absolute Gasteiger partial charge is 0.387 e. The van der Waals surface area contributed by atoms with E-state index < -0.39 is 6.10 Å². The summed E-state index contributed by atoms with van der Waals surface area (Å²) >= 11 is 0. The SMILES string of the molecule is OC(CCC(c1ccc(F)cc1)c1ccc(F)cc1)c1cncn1Cc1ccccc1. The standard InChI is InChI=1S/C26H24F2N2O/c27-22-10-6-20(7-11-22)24(21-8-12-23(28)13-9-21)14-15-26(31)25-16-29-18-30(25)17-19-4-2-1-3-5-19/h1-13,16,18,24,26,31H,14-15,17H2. The molecular weight excluding hydrogens is 394 g/mol. The molecule has 0 spiro atoms. The van der Waals surface area contributed by atoms with Crippen molar-refractivity contribution in [3.63, 3.8) is 0 Å². The summed E-state index contributed by atoms with van der Waals surface area (Å²) in [5, 5.41) is 10.9. The Balaban J connectivity index is 1.51. The van der Waals surface area contributed by atoms with Gasteiger partial charge in [0.2, 0.25) is 0 Å². The van der Waals surface area contributed by atoms with Gasteiger partial charge in [0.15, 0.2) is 0 Å². The fourth-order valence-electron chi connectivity index (χ4n) is 3.91. The van der Waals surface area contributed by atoms with Gasteiger partial charge in [0, 0.05) is 12.5 Å². The van der Waals surface area contributed by atoms with Crippen LogP contribution in [0.2, 0.25) is 0 Å². The predicted octanol–water partition coefficient (Wildman–Crippen LogP) is 5.86. The number of benzene rings is 3. The Morgan fingerprint density at radius 3 is 1.94 bits per heavy atom. The second kappa shape index (κ2) is 9.67. The van der Waals surface area contributed by atoms with Crippen LogP contribution >= 0.6 is 0 Å². The minimum atomic E-state index is -0.699. The van der Waals surface area contributed by atoms with Gasteiger partial charge in [-0.25, -0.2) is 13.8 Å². The molecular formula is C26H24F2N2O. The van der Waals surface area contributed by atoms with Crippen molar-refractivity contribution in [2.45, 2.75) is 31.4 Å². The monoisotopic (exact) mass is 418 g/mol. The summed E-state index contributed by atoms with van der Waals surface area (Å²) in [5.74, 6) is -0.681. The molecule has 0 saturated carbocycles. The first-order valence-corrected chi connectivity index (χ1v) is 10.3. The smallest absolute Gasteiger partial charge is 0.123 e. The lowest BCUT2D eigenvalue weighted by atomic mass is 9.86. The van der Waals surface area contributed by atoms with Gasteiger partial charge in [-0.05, 0) is 53.8 Å².